The zero-order valence-corrected chi connectivity index (χ0v) is 9.14. The Labute approximate surface area is 88.9 Å². The molecule has 66 valence electrons. The van der Waals surface area contributed by atoms with Crippen molar-refractivity contribution in [3.63, 3.8) is 0 Å². The van der Waals surface area contributed by atoms with Crippen LogP contribution in [-0.2, 0) is 0 Å². The maximum absolute atomic E-state index is 5.69. The molecule has 1 nitrogen and oxygen atoms in total. The third kappa shape index (κ3) is 1.80. The third-order valence-corrected chi connectivity index (χ3v) is 4.37. The number of nitrogens with two attached hydrogens (primary N) is 1. The number of anilines is 1. The average Bonchev–Trinajstić information content (AvgIpc) is 2.51. The van der Waals surface area contributed by atoms with Gasteiger partial charge in [0.25, 0.3) is 0 Å². The van der Waals surface area contributed by atoms with Gasteiger partial charge in [-0.15, -0.1) is 0 Å². The van der Waals surface area contributed by atoms with Crippen LogP contribution in [0.2, 0.25) is 0 Å². The van der Waals surface area contributed by atoms with Crippen molar-refractivity contribution in [1.82, 2.24) is 0 Å². The number of nitrogen functional groups attached to an aromatic ring is 1. The number of benzene rings is 1. The Morgan fingerprint density at radius 2 is 2.15 bits per heavy atom. The lowest BCUT2D eigenvalue weighted by atomic mass is 10.1. The molecule has 2 rings (SSSR count). The van der Waals surface area contributed by atoms with Gasteiger partial charge in [0, 0.05) is 16.6 Å². The van der Waals surface area contributed by atoms with Gasteiger partial charge in [-0.2, -0.15) is 0 Å². The monoisotopic (exact) mass is 225 g/mol. The lowest BCUT2D eigenvalue weighted by Gasteiger charge is -1.97. The Kier molecular flexibility index (Phi) is 2.44. The molecule has 0 saturated heterocycles. The topological polar surface area (TPSA) is 26.0 Å². The van der Waals surface area contributed by atoms with Gasteiger partial charge in [-0.1, -0.05) is 45.0 Å². The fourth-order valence-electron chi connectivity index (χ4n) is 1.10. The van der Waals surface area contributed by atoms with Gasteiger partial charge >= 0.3 is 0 Å². The maximum atomic E-state index is 5.69. The first kappa shape index (κ1) is 8.87. The largest absolute Gasteiger partial charge is 0.399 e. The molecule has 1 heterocycles. The number of hydrogen-bond acceptors (Lipinski definition) is 4. The van der Waals surface area contributed by atoms with E-state index >= 15 is 0 Å². The molecule has 0 saturated carbocycles. The summed E-state index contributed by atoms with van der Waals surface area (Å²) in [5, 5.41) is 2.07. The molecule has 0 amide bonds. The van der Waals surface area contributed by atoms with Gasteiger partial charge in [-0.05, 0) is 17.7 Å². The Morgan fingerprint density at radius 1 is 1.31 bits per heavy atom. The Hall–Kier alpha value is -0.710. The smallest absolute Gasteiger partial charge is 0.109 e. The summed E-state index contributed by atoms with van der Waals surface area (Å²) in [6, 6.07) is 7.80. The molecule has 0 radical (unpaired) electrons. The Balaban J connectivity index is 2.59. The molecule has 0 spiro atoms. The quantitative estimate of drug-likeness (QED) is 0.454. The van der Waals surface area contributed by atoms with Crippen molar-refractivity contribution in [1.29, 1.82) is 0 Å². The molecule has 2 aromatic rings. The van der Waals surface area contributed by atoms with Crippen LogP contribution in [0.5, 0.6) is 0 Å². The molecule has 0 aliphatic rings. The predicted molar refractivity (Wildman–Crippen MR) is 62.9 cm³/mol. The van der Waals surface area contributed by atoms with Crippen molar-refractivity contribution in [3.8, 4) is 11.1 Å². The molecule has 0 atom stereocenters. The molecule has 4 heteroatoms. The van der Waals surface area contributed by atoms with Gasteiger partial charge in [-0.25, -0.2) is 0 Å². The van der Waals surface area contributed by atoms with Gasteiger partial charge in [-0.3, -0.25) is 0 Å². The summed E-state index contributed by atoms with van der Waals surface area (Å²) in [5.41, 5.74) is 8.70. The van der Waals surface area contributed by atoms with Crippen LogP contribution >= 0.6 is 32.9 Å². The first-order valence-electron chi connectivity index (χ1n) is 3.71. The number of hydrogen-bond donors (Lipinski definition) is 1. The fraction of sp³-hybridized carbons (Fsp3) is 0. The maximum Gasteiger partial charge on any atom is 0.109 e. The molecular weight excluding hydrogens is 218 g/mol. The summed E-state index contributed by atoms with van der Waals surface area (Å²) in [7, 11) is 3.28. The highest BCUT2D eigenvalue weighted by Gasteiger charge is 2.00. The lowest BCUT2D eigenvalue weighted by molar-refractivity contribution is 1.66. The molecule has 1 aromatic heterocycles. The molecular formula is C9H7NS3. The molecule has 1 aromatic carbocycles. The molecule has 0 aliphatic carbocycles. The van der Waals surface area contributed by atoms with E-state index in [1.807, 2.05) is 24.3 Å². The van der Waals surface area contributed by atoms with Crippen molar-refractivity contribution in [2.45, 2.75) is 0 Å². The van der Waals surface area contributed by atoms with Gasteiger partial charge in [0.2, 0.25) is 0 Å². The van der Waals surface area contributed by atoms with Gasteiger partial charge < -0.3 is 5.73 Å². The van der Waals surface area contributed by atoms with E-state index in [-0.39, 0.29) is 0 Å². The van der Waals surface area contributed by atoms with Crippen molar-refractivity contribution in [2.75, 3.05) is 5.73 Å². The lowest BCUT2D eigenvalue weighted by Crippen LogP contribution is -1.83. The fourth-order valence-corrected chi connectivity index (χ4v) is 3.50. The highest BCUT2D eigenvalue weighted by atomic mass is 32.9. The van der Waals surface area contributed by atoms with Crippen LogP contribution in [0.25, 0.3) is 11.1 Å². The van der Waals surface area contributed by atoms with Crippen LogP contribution in [-0.4, -0.2) is 0 Å². The highest BCUT2D eigenvalue weighted by molar-refractivity contribution is 7.79. The summed E-state index contributed by atoms with van der Waals surface area (Å²) < 4.78 is 0.940. The minimum absolute atomic E-state index is 0.781. The molecule has 2 N–H and O–H groups in total. The van der Waals surface area contributed by atoms with Crippen LogP contribution in [0.15, 0.2) is 29.6 Å². The summed E-state index contributed by atoms with van der Waals surface area (Å²) in [5.74, 6) is 0. The molecule has 13 heavy (non-hydrogen) atoms. The first-order valence-corrected chi connectivity index (χ1v) is 6.33. The summed E-state index contributed by atoms with van der Waals surface area (Å²) >= 11 is 5.20. The van der Waals surface area contributed by atoms with E-state index in [0.717, 1.165) is 20.6 Å². The average molecular weight is 225 g/mol. The molecule has 0 unspecified atom stereocenters. The van der Waals surface area contributed by atoms with E-state index in [2.05, 4.69) is 5.38 Å². The zero-order valence-electron chi connectivity index (χ0n) is 6.69. The van der Waals surface area contributed by atoms with Crippen LogP contribution in [0.4, 0.5) is 5.69 Å². The second-order valence-electron chi connectivity index (χ2n) is 2.62. The Bertz CT molecular complexity index is 469. The second kappa shape index (κ2) is 3.57. The van der Waals surface area contributed by atoms with Crippen LogP contribution in [0.3, 0.4) is 0 Å². The predicted octanol–water partition coefficient (Wildman–Crippen LogP) is 3.79. The summed E-state index contributed by atoms with van der Waals surface area (Å²) in [4.78, 5) is 0. The van der Waals surface area contributed by atoms with Crippen molar-refractivity contribution < 1.29 is 0 Å². The zero-order chi connectivity index (χ0) is 9.26. The Morgan fingerprint density at radius 3 is 2.77 bits per heavy atom. The van der Waals surface area contributed by atoms with Gasteiger partial charge in [0.1, 0.15) is 3.82 Å². The van der Waals surface area contributed by atoms with E-state index in [4.69, 9.17) is 18.0 Å². The standard InChI is InChI=1S/C9H7NS3/c10-7-3-1-2-6(4-7)8-5-12-13-9(8)11/h1-5H,10H2. The van der Waals surface area contributed by atoms with Crippen LogP contribution < -0.4 is 5.73 Å². The third-order valence-electron chi connectivity index (χ3n) is 1.71. The van der Waals surface area contributed by atoms with E-state index in [1.54, 1.807) is 20.7 Å². The second-order valence-corrected chi connectivity index (χ2v) is 5.37. The van der Waals surface area contributed by atoms with E-state index in [9.17, 15) is 0 Å². The van der Waals surface area contributed by atoms with Crippen molar-refractivity contribution in [3.05, 3.63) is 33.5 Å². The minimum atomic E-state index is 0.781. The highest BCUT2D eigenvalue weighted by Crippen LogP contribution is 2.28. The van der Waals surface area contributed by atoms with E-state index < -0.39 is 0 Å². The van der Waals surface area contributed by atoms with E-state index in [0.29, 0.717) is 0 Å². The molecule has 0 aliphatic heterocycles. The van der Waals surface area contributed by atoms with Crippen molar-refractivity contribution in [2.24, 2.45) is 0 Å². The van der Waals surface area contributed by atoms with E-state index in [1.165, 1.54) is 0 Å². The number of rotatable bonds is 1. The summed E-state index contributed by atoms with van der Waals surface area (Å²) in [6.45, 7) is 0. The first-order chi connectivity index (χ1) is 6.27. The minimum Gasteiger partial charge on any atom is -0.399 e. The van der Waals surface area contributed by atoms with Crippen LogP contribution in [0.1, 0.15) is 0 Å². The van der Waals surface area contributed by atoms with Gasteiger partial charge in [0.05, 0.1) is 0 Å². The SMILES string of the molecule is Nc1cccc(-c2cssc2=S)c1. The van der Waals surface area contributed by atoms with Crippen molar-refractivity contribution >= 4 is 38.6 Å². The summed E-state index contributed by atoms with van der Waals surface area (Å²) in [6.07, 6.45) is 0. The van der Waals surface area contributed by atoms with Crippen LogP contribution in [0, 0.1) is 3.82 Å². The molecule has 0 bridgehead atoms. The normalized spacial score (nSPS) is 10.2. The van der Waals surface area contributed by atoms with Gasteiger partial charge in [0.15, 0.2) is 0 Å². The molecule has 0 fully saturated rings.